The zero-order valence-electron chi connectivity index (χ0n) is 13.4. The Morgan fingerprint density at radius 3 is 2.54 bits per heavy atom. The van der Waals surface area contributed by atoms with Gasteiger partial charge in [0, 0.05) is 5.56 Å². The van der Waals surface area contributed by atoms with E-state index in [0.29, 0.717) is 22.0 Å². The summed E-state index contributed by atoms with van der Waals surface area (Å²) >= 11 is 6.02. The largest absolute Gasteiger partial charge is 0.490 e. The molecule has 0 aliphatic rings. The second-order valence-electron chi connectivity index (χ2n) is 5.31. The highest BCUT2D eigenvalue weighted by molar-refractivity contribution is 6.34. The number of amides is 1. The maximum absolute atomic E-state index is 12.3. The third kappa shape index (κ3) is 4.61. The maximum atomic E-state index is 12.3. The van der Waals surface area contributed by atoms with Crippen LogP contribution in [-0.4, -0.2) is 12.0 Å². The molecular weight excluding hydrogens is 324 g/mol. The van der Waals surface area contributed by atoms with Gasteiger partial charge in [0.2, 0.25) is 0 Å². The van der Waals surface area contributed by atoms with Crippen molar-refractivity contribution < 1.29 is 9.53 Å². The number of halogens is 1. The summed E-state index contributed by atoms with van der Waals surface area (Å²) in [6.07, 6.45) is 1.49. The Labute approximate surface area is 146 Å². The number of rotatable bonds is 5. The number of nitrogens with zero attached hydrogens (tertiary/aromatic N) is 1. The van der Waals surface area contributed by atoms with Crippen LogP contribution in [0.2, 0.25) is 5.02 Å². The van der Waals surface area contributed by atoms with E-state index in [9.17, 15) is 10.1 Å². The molecule has 24 heavy (non-hydrogen) atoms. The minimum atomic E-state index is -0.523. The van der Waals surface area contributed by atoms with Gasteiger partial charge in [-0.2, -0.15) is 5.26 Å². The van der Waals surface area contributed by atoms with Gasteiger partial charge in [-0.1, -0.05) is 41.9 Å². The third-order valence-corrected chi connectivity index (χ3v) is 3.40. The molecule has 1 amide bonds. The number of hydrogen-bond donors (Lipinski definition) is 1. The van der Waals surface area contributed by atoms with E-state index in [4.69, 9.17) is 16.3 Å². The SMILES string of the molecule is CC(C)Oc1ccccc1/C=C(\C#N)C(=O)Nc1ccccc1Cl. The van der Waals surface area contributed by atoms with E-state index in [-0.39, 0.29) is 11.7 Å². The molecule has 0 aromatic heterocycles. The van der Waals surface area contributed by atoms with E-state index >= 15 is 0 Å². The van der Waals surface area contributed by atoms with Crippen LogP contribution in [-0.2, 0) is 4.79 Å². The fourth-order valence-electron chi connectivity index (χ4n) is 2.02. The van der Waals surface area contributed by atoms with E-state index in [1.165, 1.54) is 6.08 Å². The summed E-state index contributed by atoms with van der Waals surface area (Å²) in [4.78, 5) is 12.3. The van der Waals surface area contributed by atoms with Crippen molar-refractivity contribution in [1.82, 2.24) is 0 Å². The van der Waals surface area contributed by atoms with Crippen molar-refractivity contribution in [1.29, 1.82) is 5.26 Å². The zero-order valence-corrected chi connectivity index (χ0v) is 14.2. The molecule has 0 atom stereocenters. The zero-order chi connectivity index (χ0) is 17.5. The predicted molar refractivity (Wildman–Crippen MR) is 95.9 cm³/mol. The third-order valence-electron chi connectivity index (χ3n) is 3.07. The van der Waals surface area contributed by atoms with E-state index in [2.05, 4.69) is 5.32 Å². The number of nitrogens with one attached hydrogen (secondary N) is 1. The van der Waals surface area contributed by atoms with Gasteiger partial charge < -0.3 is 10.1 Å². The molecule has 0 bridgehead atoms. The number of anilines is 1. The molecule has 0 heterocycles. The van der Waals surface area contributed by atoms with Crippen LogP contribution in [0.25, 0.3) is 6.08 Å². The van der Waals surface area contributed by atoms with Crippen LogP contribution in [0.3, 0.4) is 0 Å². The normalized spacial score (nSPS) is 11.0. The minimum Gasteiger partial charge on any atom is -0.490 e. The van der Waals surface area contributed by atoms with Crippen LogP contribution in [0, 0.1) is 11.3 Å². The molecular formula is C19H17ClN2O2. The molecule has 0 aliphatic carbocycles. The molecule has 4 nitrogen and oxygen atoms in total. The Bertz CT molecular complexity index is 807. The van der Waals surface area contributed by atoms with Crippen molar-refractivity contribution in [3.8, 4) is 11.8 Å². The van der Waals surface area contributed by atoms with Crippen LogP contribution < -0.4 is 10.1 Å². The van der Waals surface area contributed by atoms with Gasteiger partial charge in [-0.05, 0) is 38.1 Å². The molecule has 0 unspecified atom stereocenters. The predicted octanol–water partition coefficient (Wildman–Crippen LogP) is 4.67. The highest BCUT2D eigenvalue weighted by atomic mass is 35.5. The smallest absolute Gasteiger partial charge is 0.266 e. The van der Waals surface area contributed by atoms with Crippen molar-refractivity contribution in [3.63, 3.8) is 0 Å². The van der Waals surface area contributed by atoms with Gasteiger partial charge in [0.15, 0.2) is 0 Å². The lowest BCUT2D eigenvalue weighted by Crippen LogP contribution is -2.14. The van der Waals surface area contributed by atoms with Gasteiger partial charge >= 0.3 is 0 Å². The quantitative estimate of drug-likeness (QED) is 0.635. The summed E-state index contributed by atoms with van der Waals surface area (Å²) in [5, 5.41) is 12.4. The highest BCUT2D eigenvalue weighted by Gasteiger charge is 2.13. The molecule has 2 rings (SSSR count). The number of carbonyl (C=O) groups excluding carboxylic acids is 1. The van der Waals surface area contributed by atoms with Crippen LogP contribution in [0.1, 0.15) is 19.4 Å². The molecule has 0 aliphatic heterocycles. The summed E-state index contributed by atoms with van der Waals surface area (Å²) in [5.41, 5.74) is 1.09. The molecule has 0 fully saturated rings. The molecule has 0 saturated carbocycles. The Balaban J connectivity index is 2.28. The van der Waals surface area contributed by atoms with Crippen molar-refractivity contribution >= 4 is 29.3 Å². The Morgan fingerprint density at radius 1 is 1.21 bits per heavy atom. The summed E-state index contributed by atoms with van der Waals surface area (Å²) in [5.74, 6) is 0.0933. The Kier molecular flexibility index (Phi) is 6.00. The van der Waals surface area contributed by atoms with Gasteiger partial charge in [-0.15, -0.1) is 0 Å². The van der Waals surface area contributed by atoms with Crippen LogP contribution in [0.4, 0.5) is 5.69 Å². The first-order chi connectivity index (χ1) is 11.5. The number of para-hydroxylation sites is 2. The second-order valence-corrected chi connectivity index (χ2v) is 5.72. The number of ether oxygens (including phenoxy) is 1. The molecule has 0 radical (unpaired) electrons. The summed E-state index contributed by atoms with van der Waals surface area (Å²) in [6.45, 7) is 3.83. The summed E-state index contributed by atoms with van der Waals surface area (Å²) in [7, 11) is 0. The fourth-order valence-corrected chi connectivity index (χ4v) is 2.20. The fraction of sp³-hybridized carbons (Fsp3) is 0.158. The van der Waals surface area contributed by atoms with Gasteiger partial charge in [-0.3, -0.25) is 4.79 Å². The average molecular weight is 341 g/mol. The monoisotopic (exact) mass is 340 g/mol. The lowest BCUT2D eigenvalue weighted by Gasteiger charge is -2.12. The highest BCUT2D eigenvalue weighted by Crippen LogP contribution is 2.24. The minimum absolute atomic E-state index is 0.0120. The molecule has 2 aromatic rings. The van der Waals surface area contributed by atoms with Crippen molar-refractivity contribution in [2.45, 2.75) is 20.0 Å². The standard InChI is InChI=1S/C19H17ClN2O2/c1-13(2)24-18-10-6-3-7-14(18)11-15(12-21)19(23)22-17-9-5-4-8-16(17)20/h3-11,13H,1-2H3,(H,22,23)/b15-11+. The number of nitriles is 1. The van der Waals surface area contributed by atoms with Crippen LogP contribution >= 0.6 is 11.6 Å². The van der Waals surface area contributed by atoms with E-state index < -0.39 is 5.91 Å². The molecule has 122 valence electrons. The van der Waals surface area contributed by atoms with E-state index in [0.717, 1.165) is 0 Å². The lowest BCUT2D eigenvalue weighted by atomic mass is 10.1. The summed E-state index contributed by atoms with van der Waals surface area (Å²) in [6, 6.07) is 16.0. The van der Waals surface area contributed by atoms with Crippen molar-refractivity contribution in [2.24, 2.45) is 0 Å². The first-order valence-corrected chi connectivity index (χ1v) is 7.82. The van der Waals surface area contributed by atoms with Crippen molar-refractivity contribution in [2.75, 3.05) is 5.32 Å². The molecule has 2 aromatic carbocycles. The average Bonchev–Trinajstić information content (AvgIpc) is 2.55. The first kappa shape index (κ1) is 17.6. The van der Waals surface area contributed by atoms with Crippen LogP contribution in [0.5, 0.6) is 5.75 Å². The van der Waals surface area contributed by atoms with Crippen LogP contribution in [0.15, 0.2) is 54.1 Å². The first-order valence-electron chi connectivity index (χ1n) is 7.44. The van der Waals surface area contributed by atoms with Gasteiger partial charge in [0.25, 0.3) is 5.91 Å². The Hall–Kier alpha value is -2.77. The maximum Gasteiger partial charge on any atom is 0.266 e. The topological polar surface area (TPSA) is 62.1 Å². The number of benzene rings is 2. The molecule has 1 N–H and O–H groups in total. The molecule has 0 saturated heterocycles. The van der Waals surface area contributed by atoms with Gasteiger partial charge in [0.05, 0.1) is 16.8 Å². The van der Waals surface area contributed by atoms with Crippen molar-refractivity contribution in [3.05, 3.63) is 64.7 Å². The van der Waals surface area contributed by atoms with E-state index in [1.54, 1.807) is 36.4 Å². The lowest BCUT2D eigenvalue weighted by molar-refractivity contribution is -0.112. The van der Waals surface area contributed by atoms with E-state index in [1.807, 2.05) is 32.0 Å². The molecule has 5 heteroatoms. The second kappa shape index (κ2) is 8.19. The van der Waals surface area contributed by atoms with Gasteiger partial charge in [-0.25, -0.2) is 0 Å². The number of carbonyl (C=O) groups is 1. The van der Waals surface area contributed by atoms with Gasteiger partial charge in [0.1, 0.15) is 17.4 Å². The Morgan fingerprint density at radius 2 is 1.88 bits per heavy atom. The molecule has 0 spiro atoms. The number of hydrogen-bond acceptors (Lipinski definition) is 3. The summed E-state index contributed by atoms with van der Waals surface area (Å²) < 4.78 is 5.70.